The summed E-state index contributed by atoms with van der Waals surface area (Å²) in [4.78, 5) is 16.4. The Labute approximate surface area is 217 Å². The van der Waals surface area contributed by atoms with Gasteiger partial charge in [0.25, 0.3) is 0 Å². The Hall–Kier alpha value is -3.45. The van der Waals surface area contributed by atoms with Gasteiger partial charge in [-0.2, -0.15) is 5.26 Å². The molecule has 9 nitrogen and oxygen atoms in total. The molecular formula is C28H33N7O2. The van der Waals surface area contributed by atoms with E-state index in [1.165, 1.54) is 11.3 Å². The number of pyridine rings is 2. The topological polar surface area (TPSA) is 101 Å². The number of hydrogen-bond acceptors (Lipinski definition) is 9. The van der Waals surface area contributed by atoms with Crippen LogP contribution in [0.2, 0.25) is 0 Å². The zero-order chi connectivity index (χ0) is 25.5. The number of nitrogens with zero attached hydrogens (tertiary/aromatic N) is 6. The Morgan fingerprint density at radius 2 is 1.86 bits per heavy atom. The highest BCUT2D eigenvalue weighted by atomic mass is 16.5. The van der Waals surface area contributed by atoms with E-state index in [0.717, 1.165) is 69.2 Å². The molecule has 2 aromatic heterocycles. The first kappa shape index (κ1) is 23.9. The molecule has 192 valence electrons. The normalized spacial score (nSPS) is 24.3. The molecule has 2 saturated heterocycles. The van der Waals surface area contributed by atoms with Crippen LogP contribution in [0.3, 0.4) is 0 Å². The summed E-state index contributed by atoms with van der Waals surface area (Å²) in [5.74, 6) is 1.00. The molecule has 6 rings (SSSR count). The Morgan fingerprint density at radius 1 is 1.03 bits per heavy atom. The summed E-state index contributed by atoms with van der Waals surface area (Å²) in [5.41, 5.74) is 4.53. The SMILES string of the molecule is CC1CN(c2ccc(C#N)c3nc(O)ccc23)CC(CN2CCN(c3ccc4c(n3)CN[C@@H]4C)CC2)O1. The van der Waals surface area contributed by atoms with Crippen molar-refractivity contribution in [3.63, 3.8) is 0 Å². The molecule has 2 fully saturated rings. The van der Waals surface area contributed by atoms with E-state index in [1.54, 1.807) is 12.1 Å². The fraction of sp³-hybridized carbons (Fsp3) is 0.464. The Kier molecular flexibility index (Phi) is 6.32. The van der Waals surface area contributed by atoms with Gasteiger partial charge in [-0.3, -0.25) is 4.90 Å². The van der Waals surface area contributed by atoms with Gasteiger partial charge in [-0.25, -0.2) is 9.97 Å². The number of rotatable bonds is 4. The molecule has 3 aliphatic rings. The molecule has 2 N–H and O–H groups in total. The van der Waals surface area contributed by atoms with E-state index < -0.39 is 0 Å². The molecule has 3 aliphatic heterocycles. The molecule has 0 bridgehead atoms. The van der Waals surface area contributed by atoms with E-state index in [4.69, 9.17) is 9.72 Å². The van der Waals surface area contributed by atoms with Gasteiger partial charge in [-0.1, -0.05) is 6.07 Å². The van der Waals surface area contributed by atoms with Gasteiger partial charge in [0.05, 0.1) is 29.0 Å². The van der Waals surface area contributed by atoms with Gasteiger partial charge in [0.15, 0.2) is 0 Å². The summed E-state index contributed by atoms with van der Waals surface area (Å²) < 4.78 is 6.36. The number of benzene rings is 1. The predicted octanol–water partition coefficient (Wildman–Crippen LogP) is 2.79. The maximum atomic E-state index is 9.89. The summed E-state index contributed by atoms with van der Waals surface area (Å²) in [6.45, 7) is 11.4. The average Bonchev–Trinajstić information content (AvgIpc) is 3.28. The van der Waals surface area contributed by atoms with E-state index in [9.17, 15) is 10.4 Å². The van der Waals surface area contributed by atoms with E-state index in [0.29, 0.717) is 17.1 Å². The van der Waals surface area contributed by atoms with Crippen molar-refractivity contribution in [2.24, 2.45) is 0 Å². The second-order valence-electron chi connectivity index (χ2n) is 10.4. The zero-order valence-electron chi connectivity index (χ0n) is 21.4. The largest absolute Gasteiger partial charge is 0.493 e. The molecule has 1 aromatic carbocycles. The maximum absolute atomic E-state index is 9.89. The molecule has 5 heterocycles. The minimum atomic E-state index is -0.0742. The molecule has 37 heavy (non-hydrogen) atoms. The molecule has 3 aromatic rings. The van der Waals surface area contributed by atoms with Gasteiger partial charge in [-0.05, 0) is 43.7 Å². The van der Waals surface area contributed by atoms with Crippen LogP contribution in [-0.4, -0.2) is 78.0 Å². The summed E-state index contributed by atoms with van der Waals surface area (Å²) in [6.07, 6.45) is 0.166. The van der Waals surface area contributed by atoms with Crippen molar-refractivity contribution < 1.29 is 9.84 Å². The lowest BCUT2D eigenvalue weighted by molar-refractivity contribution is -0.0327. The second kappa shape index (κ2) is 9.78. The van der Waals surface area contributed by atoms with Crippen molar-refractivity contribution in [2.75, 3.05) is 55.6 Å². The molecule has 9 heteroatoms. The van der Waals surface area contributed by atoms with Crippen LogP contribution in [0.4, 0.5) is 11.5 Å². The Balaban J connectivity index is 1.12. The third kappa shape index (κ3) is 4.68. The number of aromatic nitrogens is 2. The van der Waals surface area contributed by atoms with Crippen molar-refractivity contribution in [1.82, 2.24) is 20.2 Å². The smallest absolute Gasteiger partial charge is 0.211 e. The van der Waals surface area contributed by atoms with Crippen LogP contribution >= 0.6 is 0 Å². The van der Waals surface area contributed by atoms with Gasteiger partial charge in [-0.15, -0.1) is 0 Å². The predicted molar refractivity (Wildman–Crippen MR) is 143 cm³/mol. The minimum absolute atomic E-state index is 0.0742. The average molecular weight is 500 g/mol. The third-order valence-electron chi connectivity index (χ3n) is 7.80. The highest BCUT2D eigenvalue weighted by Crippen LogP contribution is 2.32. The molecule has 0 radical (unpaired) electrons. The number of nitrogens with one attached hydrogen (secondary N) is 1. The standard InChI is InChI=1S/C28H33N7O2/c1-18-15-35(25-6-3-20(13-29)28-23(25)5-8-27(36)32-28)17-21(37-18)16-33-9-11-34(12-10-33)26-7-4-22-19(2)30-14-24(22)31-26/h3-8,18-19,21,30H,9-12,14-17H2,1-2H3,(H,32,36)/t18?,19-,21?/m1/s1. The van der Waals surface area contributed by atoms with E-state index in [1.807, 2.05) is 12.1 Å². The minimum Gasteiger partial charge on any atom is -0.493 e. The summed E-state index contributed by atoms with van der Waals surface area (Å²) in [5, 5.41) is 23.8. The Bertz CT molecular complexity index is 1350. The summed E-state index contributed by atoms with van der Waals surface area (Å²) in [6, 6.07) is 14.2. The molecule has 0 aliphatic carbocycles. The van der Waals surface area contributed by atoms with Crippen LogP contribution in [-0.2, 0) is 11.3 Å². The number of aromatic hydroxyl groups is 1. The number of hydrogen-bond donors (Lipinski definition) is 2. The molecule has 0 spiro atoms. The van der Waals surface area contributed by atoms with E-state index in [-0.39, 0.29) is 18.1 Å². The van der Waals surface area contributed by atoms with Gasteiger partial charge in [0, 0.05) is 75.5 Å². The first-order chi connectivity index (χ1) is 18.0. The van der Waals surface area contributed by atoms with Gasteiger partial charge >= 0.3 is 0 Å². The van der Waals surface area contributed by atoms with Gasteiger partial charge in [0.1, 0.15) is 11.9 Å². The fourth-order valence-electron chi connectivity index (χ4n) is 5.92. The zero-order valence-corrected chi connectivity index (χ0v) is 21.4. The van der Waals surface area contributed by atoms with Crippen LogP contribution < -0.4 is 15.1 Å². The summed E-state index contributed by atoms with van der Waals surface area (Å²) >= 11 is 0. The quantitative estimate of drug-likeness (QED) is 0.561. The lowest BCUT2D eigenvalue weighted by Gasteiger charge is -2.42. The number of fused-ring (bicyclic) bond motifs is 2. The molecule has 0 saturated carbocycles. The summed E-state index contributed by atoms with van der Waals surface area (Å²) in [7, 11) is 0. The van der Waals surface area contributed by atoms with Crippen LogP contribution in [0.1, 0.15) is 36.7 Å². The molecule has 0 amide bonds. The van der Waals surface area contributed by atoms with Crippen LogP contribution in [0.25, 0.3) is 10.9 Å². The van der Waals surface area contributed by atoms with Crippen molar-refractivity contribution in [1.29, 1.82) is 5.26 Å². The van der Waals surface area contributed by atoms with Crippen molar-refractivity contribution in [3.8, 4) is 11.9 Å². The number of morpholine rings is 1. The molecule has 3 atom stereocenters. The third-order valence-corrected chi connectivity index (χ3v) is 7.80. The first-order valence-corrected chi connectivity index (χ1v) is 13.1. The fourth-order valence-corrected chi connectivity index (χ4v) is 5.92. The first-order valence-electron chi connectivity index (χ1n) is 13.1. The lowest BCUT2D eigenvalue weighted by Crippen LogP contribution is -2.54. The van der Waals surface area contributed by atoms with Crippen molar-refractivity contribution >= 4 is 22.4 Å². The number of anilines is 2. The van der Waals surface area contributed by atoms with Crippen molar-refractivity contribution in [3.05, 3.63) is 53.2 Å². The number of ether oxygens (including phenoxy) is 1. The van der Waals surface area contributed by atoms with Crippen LogP contribution in [0.15, 0.2) is 36.4 Å². The highest BCUT2D eigenvalue weighted by Gasteiger charge is 2.30. The molecular weight excluding hydrogens is 466 g/mol. The van der Waals surface area contributed by atoms with E-state index in [2.05, 4.69) is 57.0 Å². The number of nitriles is 1. The van der Waals surface area contributed by atoms with Gasteiger partial charge < -0.3 is 25.0 Å². The monoisotopic (exact) mass is 499 g/mol. The van der Waals surface area contributed by atoms with Crippen LogP contribution in [0.5, 0.6) is 5.88 Å². The lowest BCUT2D eigenvalue weighted by atomic mass is 10.1. The van der Waals surface area contributed by atoms with Gasteiger partial charge in [0.2, 0.25) is 5.88 Å². The highest BCUT2D eigenvalue weighted by molar-refractivity contribution is 5.95. The van der Waals surface area contributed by atoms with Crippen molar-refractivity contribution in [2.45, 2.75) is 38.6 Å². The second-order valence-corrected chi connectivity index (χ2v) is 10.4. The number of piperazine rings is 1. The van der Waals surface area contributed by atoms with E-state index >= 15 is 0 Å². The molecule has 2 unspecified atom stereocenters. The van der Waals surface area contributed by atoms with Crippen LogP contribution in [0, 0.1) is 11.3 Å². The Morgan fingerprint density at radius 3 is 2.68 bits per heavy atom. The maximum Gasteiger partial charge on any atom is 0.211 e.